The number of aryl methyl sites for hydroxylation is 1. The average molecular weight is 206 g/mol. The van der Waals surface area contributed by atoms with Crippen molar-refractivity contribution in [2.45, 2.75) is 45.1 Å². The Morgan fingerprint density at radius 3 is 3.00 bits per heavy atom. The van der Waals surface area contributed by atoms with E-state index < -0.39 is 0 Å². The quantitative estimate of drug-likeness (QED) is 0.694. The fourth-order valence-corrected chi connectivity index (χ4v) is 2.47. The zero-order valence-electron chi connectivity index (χ0n) is 9.06. The predicted octanol–water partition coefficient (Wildman–Crippen LogP) is 2.67. The van der Waals surface area contributed by atoms with Gasteiger partial charge in [-0.1, -0.05) is 25.7 Å². The minimum Gasteiger partial charge on any atom is -0.328 e. The first-order valence-corrected chi connectivity index (χ1v) is 5.85. The maximum Gasteiger partial charge on any atom is 0.168 e. The molecule has 0 aromatic carbocycles. The third kappa shape index (κ3) is 2.67. The summed E-state index contributed by atoms with van der Waals surface area (Å²) in [6.45, 7) is 0.935. The van der Waals surface area contributed by atoms with Gasteiger partial charge in [0, 0.05) is 6.54 Å². The smallest absolute Gasteiger partial charge is 0.168 e. The van der Waals surface area contributed by atoms with Gasteiger partial charge in [0.25, 0.3) is 0 Å². The van der Waals surface area contributed by atoms with E-state index in [4.69, 9.17) is 0 Å². The van der Waals surface area contributed by atoms with Crippen LogP contribution in [0, 0.1) is 5.92 Å². The number of carbonyl (C=O) groups is 1. The summed E-state index contributed by atoms with van der Waals surface area (Å²) in [7, 11) is 0. The molecule has 3 nitrogen and oxygen atoms in total. The van der Waals surface area contributed by atoms with Gasteiger partial charge in [-0.05, 0) is 18.8 Å². The molecule has 1 aromatic heterocycles. The Bertz CT molecular complexity index is 313. The van der Waals surface area contributed by atoms with Gasteiger partial charge in [0.15, 0.2) is 6.29 Å². The summed E-state index contributed by atoms with van der Waals surface area (Å²) in [6.07, 6.45) is 12.4. The number of hydrogen-bond acceptors (Lipinski definition) is 2. The van der Waals surface area contributed by atoms with Crippen LogP contribution in [0.25, 0.3) is 0 Å². The van der Waals surface area contributed by atoms with Crippen LogP contribution in [-0.2, 0) is 6.54 Å². The molecule has 0 N–H and O–H groups in total. The van der Waals surface area contributed by atoms with Crippen LogP contribution < -0.4 is 0 Å². The summed E-state index contributed by atoms with van der Waals surface area (Å²) >= 11 is 0. The van der Waals surface area contributed by atoms with Crippen molar-refractivity contribution < 1.29 is 4.79 Å². The highest BCUT2D eigenvalue weighted by Gasteiger charge is 2.14. The van der Waals surface area contributed by atoms with Crippen molar-refractivity contribution in [3.05, 3.63) is 18.2 Å². The first-order chi connectivity index (χ1) is 7.40. The van der Waals surface area contributed by atoms with Gasteiger partial charge in [-0.3, -0.25) is 4.79 Å². The Hall–Kier alpha value is -1.12. The molecule has 1 saturated carbocycles. The summed E-state index contributed by atoms with van der Waals surface area (Å²) in [5, 5.41) is 0. The van der Waals surface area contributed by atoms with Crippen LogP contribution in [0.15, 0.2) is 12.5 Å². The second kappa shape index (κ2) is 5.10. The standard InChI is InChI=1S/C12H18N2O/c15-9-12-8-13-10-14(12)7-3-6-11-4-1-2-5-11/h8-11H,1-7H2. The molecule has 0 amide bonds. The number of hydrogen-bond donors (Lipinski definition) is 0. The van der Waals surface area contributed by atoms with E-state index >= 15 is 0 Å². The van der Waals surface area contributed by atoms with Crippen LogP contribution in [0.3, 0.4) is 0 Å². The minimum atomic E-state index is 0.696. The molecule has 82 valence electrons. The van der Waals surface area contributed by atoms with E-state index in [0.717, 1.165) is 18.7 Å². The fourth-order valence-electron chi connectivity index (χ4n) is 2.47. The Morgan fingerprint density at radius 1 is 1.47 bits per heavy atom. The van der Waals surface area contributed by atoms with Gasteiger partial charge in [0.1, 0.15) is 5.69 Å². The summed E-state index contributed by atoms with van der Waals surface area (Å²) in [5.41, 5.74) is 0.696. The van der Waals surface area contributed by atoms with Gasteiger partial charge in [-0.2, -0.15) is 0 Å². The highest BCUT2D eigenvalue weighted by atomic mass is 16.1. The van der Waals surface area contributed by atoms with Crippen molar-refractivity contribution in [3.8, 4) is 0 Å². The van der Waals surface area contributed by atoms with E-state index in [1.54, 1.807) is 12.5 Å². The van der Waals surface area contributed by atoms with Crippen LogP contribution in [-0.4, -0.2) is 15.8 Å². The molecular weight excluding hydrogens is 188 g/mol. The maximum absolute atomic E-state index is 10.6. The lowest BCUT2D eigenvalue weighted by Gasteiger charge is -2.09. The van der Waals surface area contributed by atoms with E-state index in [-0.39, 0.29) is 0 Å². The molecule has 0 unspecified atom stereocenters. The fraction of sp³-hybridized carbons (Fsp3) is 0.667. The van der Waals surface area contributed by atoms with Gasteiger partial charge >= 0.3 is 0 Å². The Labute approximate surface area is 90.5 Å². The number of aldehydes is 1. The Balaban J connectivity index is 1.75. The second-order valence-electron chi connectivity index (χ2n) is 4.42. The molecule has 0 bridgehead atoms. The number of nitrogens with zero attached hydrogens (tertiary/aromatic N) is 2. The first kappa shape index (κ1) is 10.4. The normalized spacial score (nSPS) is 17.1. The molecule has 0 atom stereocenters. The Morgan fingerprint density at radius 2 is 2.27 bits per heavy atom. The predicted molar refractivity (Wildman–Crippen MR) is 58.8 cm³/mol. The molecule has 1 aliphatic carbocycles. The maximum atomic E-state index is 10.6. The van der Waals surface area contributed by atoms with Crippen molar-refractivity contribution in [3.63, 3.8) is 0 Å². The van der Waals surface area contributed by atoms with E-state index in [0.29, 0.717) is 5.69 Å². The van der Waals surface area contributed by atoms with Crippen LogP contribution in [0.4, 0.5) is 0 Å². The van der Waals surface area contributed by atoms with E-state index in [2.05, 4.69) is 4.98 Å². The summed E-state index contributed by atoms with van der Waals surface area (Å²) in [6, 6.07) is 0. The van der Waals surface area contributed by atoms with Gasteiger partial charge in [-0.25, -0.2) is 4.98 Å². The number of carbonyl (C=O) groups excluding carboxylic acids is 1. The molecule has 0 spiro atoms. The molecule has 0 radical (unpaired) electrons. The first-order valence-electron chi connectivity index (χ1n) is 5.85. The molecule has 2 rings (SSSR count). The molecule has 1 fully saturated rings. The highest BCUT2D eigenvalue weighted by Crippen LogP contribution is 2.28. The molecule has 3 heteroatoms. The molecule has 0 aliphatic heterocycles. The summed E-state index contributed by atoms with van der Waals surface area (Å²) in [4.78, 5) is 14.6. The molecule has 1 aromatic rings. The topological polar surface area (TPSA) is 34.9 Å². The molecular formula is C12H18N2O. The van der Waals surface area contributed by atoms with Crippen LogP contribution in [0.5, 0.6) is 0 Å². The van der Waals surface area contributed by atoms with Crippen molar-refractivity contribution in [2.75, 3.05) is 0 Å². The molecule has 0 saturated heterocycles. The van der Waals surface area contributed by atoms with Crippen molar-refractivity contribution in [2.24, 2.45) is 5.92 Å². The highest BCUT2D eigenvalue weighted by molar-refractivity contribution is 5.71. The van der Waals surface area contributed by atoms with Crippen molar-refractivity contribution in [1.82, 2.24) is 9.55 Å². The third-order valence-electron chi connectivity index (χ3n) is 3.35. The van der Waals surface area contributed by atoms with Gasteiger partial charge in [0.2, 0.25) is 0 Å². The van der Waals surface area contributed by atoms with Crippen LogP contribution >= 0.6 is 0 Å². The lowest BCUT2D eigenvalue weighted by molar-refractivity contribution is 0.111. The molecule has 1 heterocycles. The summed E-state index contributed by atoms with van der Waals surface area (Å²) < 4.78 is 1.95. The number of rotatable bonds is 5. The Kier molecular flexibility index (Phi) is 3.54. The molecule has 15 heavy (non-hydrogen) atoms. The average Bonchev–Trinajstić information content (AvgIpc) is 2.88. The zero-order valence-corrected chi connectivity index (χ0v) is 9.06. The van der Waals surface area contributed by atoms with Crippen molar-refractivity contribution >= 4 is 6.29 Å². The van der Waals surface area contributed by atoms with Gasteiger partial charge < -0.3 is 4.57 Å². The second-order valence-corrected chi connectivity index (χ2v) is 4.42. The number of imidazole rings is 1. The van der Waals surface area contributed by atoms with Crippen molar-refractivity contribution in [1.29, 1.82) is 0 Å². The van der Waals surface area contributed by atoms with Gasteiger partial charge in [0.05, 0.1) is 12.5 Å². The number of aromatic nitrogens is 2. The van der Waals surface area contributed by atoms with E-state index in [1.165, 1.54) is 38.5 Å². The summed E-state index contributed by atoms with van der Waals surface area (Å²) in [5.74, 6) is 0.938. The van der Waals surface area contributed by atoms with Crippen LogP contribution in [0.2, 0.25) is 0 Å². The molecule has 1 aliphatic rings. The SMILES string of the molecule is O=Cc1cncn1CCCC1CCCC1. The lowest BCUT2D eigenvalue weighted by atomic mass is 10.0. The van der Waals surface area contributed by atoms with Gasteiger partial charge in [-0.15, -0.1) is 0 Å². The lowest BCUT2D eigenvalue weighted by Crippen LogP contribution is -2.03. The third-order valence-corrected chi connectivity index (χ3v) is 3.35. The van der Waals surface area contributed by atoms with E-state index in [1.807, 2.05) is 4.57 Å². The largest absolute Gasteiger partial charge is 0.328 e. The van der Waals surface area contributed by atoms with Crippen LogP contribution in [0.1, 0.15) is 49.0 Å². The minimum absolute atomic E-state index is 0.696. The zero-order chi connectivity index (χ0) is 10.5. The van der Waals surface area contributed by atoms with E-state index in [9.17, 15) is 4.79 Å². The monoisotopic (exact) mass is 206 g/mol.